The average molecular weight is 313 g/mol. The first-order valence-electron chi connectivity index (χ1n) is 6.50. The van der Waals surface area contributed by atoms with Gasteiger partial charge in [-0.1, -0.05) is 13.8 Å². The van der Waals surface area contributed by atoms with Gasteiger partial charge in [0.05, 0.1) is 5.75 Å². The summed E-state index contributed by atoms with van der Waals surface area (Å²) in [6.07, 6.45) is 1.92. The molecule has 1 unspecified atom stereocenters. The molecule has 1 heterocycles. The minimum atomic E-state index is -3.27. The van der Waals surface area contributed by atoms with Gasteiger partial charge in [-0.25, -0.2) is 8.42 Å². The molecule has 1 amide bonds. The van der Waals surface area contributed by atoms with Crippen molar-refractivity contribution >= 4 is 28.2 Å². The molecule has 0 aromatic rings. The van der Waals surface area contributed by atoms with E-state index in [9.17, 15) is 13.2 Å². The number of nitrogens with zero attached hydrogens (tertiary/aromatic N) is 1. The maximum atomic E-state index is 12.0. The Morgan fingerprint density at radius 1 is 1.42 bits per heavy atom. The summed E-state index contributed by atoms with van der Waals surface area (Å²) < 4.78 is 23.6. The Balaban J connectivity index is 0.00000324. The number of hydrogen-bond donors (Lipinski definition) is 1. The molecule has 5 nitrogen and oxygen atoms in total. The van der Waals surface area contributed by atoms with Crippen LogP contribution in [0.5, 0.6) is 0 Å². The van der Waals surface area contributed by atoms with Crippen molar-refractivity contribution in [2.75, 3.05) is 31.6 Å². The van der Waals surface area contributed by atoms with Crippen molar-refractivity contribution in [2.24, 2.45) is 5.92 Å². The number of rotatable bonds is 6. The van der Waals surface area contributed by atoms with Gasteiger partial charge < -0.3 is 10.2 Å². The molecule has 1 rings (SSSR count). The Morgan fingerprint density at radius 2 is 2.05 bits per heavy atom. The maximum Gasteiger partial charge on any atom is 0.238 e. The summed E-state index contributed by atoms with van der Waals surface area (Å²) >= 11 is 0. The van der Waals surface area contributed by atoms with Gasteiger partial charge in [0.2, 0.25) is 5.91 Å². The van der Waals surface area contributed by atoms with Crippen molar-refractivity contribution in [2.45, 2.75) is 32.7 Å². The van der Waals surface area contributed by atoms with E-state index >= 15 is 0 Å². The number of likely N-dealkylation sites (tertiary alicyclic amines) is 1. The van der Waals surface area contributed by atoms with E-state index in [1.165, 1.54) is 0 Å². The van der Waals surface area contributed by atoms with Crippen molar-refractivity contribution in [1.82, 2.24) is 10.2 Å². The summed E-state index contributed by atoms with van der Waals surface area (Å²) in [5.74, 6) is -0.433. The molecule has 1 N–H and O–H groups in total. The van der Waals surface area contributed by atoms with E-state index in [0.29, 0.717) is 6.54 Å². The molecule has 0 bridgehead atoms. The molecule has 0 aromatic heterocycles. The Morgan fingerprint density at radius 3 is 2.58 bits per heavy atom. The molecule has 1 aliphatic heterocycles. The third kappa shape index (κ3) is 6.10. The SMILES string of the molecule is CNCC1CCCN1C(=O)CS(=O)(=O)CC(C)C.Cl. The maximum absolute atomic E-state index is 12.0. The van der Waals surface area contributed by atoms with Gasteiger partial charge in [-0.2, -0.15) is 0 Å². The smallest absolute Gasteiger partial charge is 0.238 e. The highest BCUT2D eigenvalue weighted by molar-refractivity contribution is 7.92. The second-order valence-electron chi connectivity index (χ2n) is 5.39. The number of hydrogen-bond acceptors (Lipinski definition) is 4. The number of nitrogens with one attached hydrogen (secondary N) is 1. The van der Waals surface area contributed by atoms with Gasteiger partial charge >= 0.3 is 0 Å². The van der Waals surface area contributed by atoms with E-state index in [1.807, 2.05) is 20.9 Å². The van der Waals surface area contributed by atoms with E-state index in [4.69, 9.17) is 0 Å². The van der Waals surface area contributed by atoms with Crippen molar-refractivity contribution < 1.29 is 13.2 Å². The van der Waals surface area contributed by atoms with Crippen molar-refractivity contribution in [3.8, 4) is 0 Å². The molecule has 1 atom stereocenters. The Bertz CT molecular complexity index is 384. The van der Waals surface area contributed by atoms with Crippen LogP contribution in [0.1, 0.15) is 26.7 Å². The minimum absolute atomic E-state index is 0. The molecule has 114 valence electrons. The molecule has 1 fully saturated rings. The first kappa shape index (κ1) is 18.7. The summed E-state index contributed by atoms with van der Waals surface area (Å²) in [6.45, 7) is 5.11. The molecule has 7 heteroatoms. The highest BCUT2D eigenvalue weighted by atomic mass is 35.5. The molecule has 0 spiro atoms. The lowest BCUT2D eigenvalue weighted by Crippen LogP contribution is -2.43. The van der Waals surface area contributed by atoms with Crippen LogP contribution >= 0.6 is 12.4 Å². The van der Waals surface area contributed by atoms with Gasteiger partial charge in [-0.15, -0.1) is 12.4 Å². The lowest BCUT2D eigenvalue weighted by atomic mass is 10.2. The Hall–Kier alpha value is -0.330. The van der Waals surface area contributed by atoms with Crippen LogP contribution in [0.2, 0.25) is 0 Å². The molecular formula is C12H25ClN2O3S. The van der Waals surface area contributed by atoms with Crippen LogP contribution in [0, 0.1) is 5.92 Å². The predicted octanol–water partition coefficient (Wildman–Crippen LogP) is 0.689. The van der Waals surface area contributed by atoms with E-state index < -0.39 is 9.84 Å². The van der Waals surface area contributed by atoms with Crippen molar-refractivity contribution in [3.05, 3.63) is 0 Å². The fourth-order valence-electron chi connectivity index (χ4n) is 2.45. The summed E-state index contributed by atoms with van der Waals surface area (Å²) in [7, 11) is -1.42. The topological polar surface area (TPSA) is 66.5 Å². The number of carbonyl (C=O) groups is 1. The van der Waals surface area contributed by atoms with Crippen LogP contribution in [-0.2, 0) is 14.6 Å². The zero-order valence-corrected chi connectivity index (χ0v) is 13.5. The fourth-order valence-corrected chi connectivity index (χ4v) is 4.13. The number of likely N-dealkylation sites (N-methyl/N-ethyl adjacent to an activating group) is 1. The molecule has 1 saturated heterocycles. The van der Waals surface area contributed by atoms with Crippen LogP contribution in [-0.4, -0.2) is 56.9 Å². The number of sulfone groups is 1. The van der Waals surface area contributed by atoms with Crippen molar-refractivity contribution in [3.63, 3.8) is 0 Å². The first-order chi connectivity index (χ1) is 8.35. The van der Waals surface area contributed by atoms with E-state index in [0.717, 1.165) is 19.4 Å². The summed E-state index contributed by atoms with van der Waals surface area (Å²) in [5, 5.41) is 3.05. The second-order valence-corrected chi connectivity index (χ2v) is 7.50. The fraction of sp³-hybridized carbons (Fsp3) is 0.917. The summed E-state index contributed by atoms with van der Waals surface area (Å²) in [5.41, 5.74) is 0. The summed E-state index contributed by atoms with van der Waals surface area (Å²) in [4.78, 5) is 13.8. The zero-order valence-electron chi connectivity index (χ0n) is 11.9. The minimum Gasteiger partial charge on any atom is -0.338 e. The van der Waals surface area contributed by atoms with Crippen LogP contribution in [0.4, 0.5) is 0 Å². The van der Waals surface area contributed by atoms with E-state index in [-0.39, 0.29) is 41.8 Å². The quantitative estimate of drug-likeness (QED) is 0.783. The highest BCUT2D eigenvalue weighted by Crippen LogP contribution is 2.17. The largest absolute Gasteiger partial charge is 0.338 e. The third-order valence-electron chi connectivity index (χ3n) is 3.07. The molecule has 19 heavy (non-hydrogen) atoms. The third-order valence-corrected chi connectivity index (χ3v) is 4.93. The Kier molecular flexibility index (Phi) is 7.93. The van der Waals surface area contributed by atoms with Crippen LogP contribution in [0.3, 0.4) is 0 Å². The Labute approximate surface area is 122 Å². The zero-order chi connectivity index (χ0) is 13.8. The standard InChI is InChI=1S/C12H24N2O3S.ClH/c1-10(2)8-18(16,17)9-12(15)14-6-4-5-11(14)7-13-3;/h10-11,13H,4-9H2,1-3H3;1H. The first-order valence-corrected chi connectivity index (χ1v) is 8.32. The van der Waals surface area contributed by atoms with Crippen molar-refractivity contribution in [1.29, 1.82) is 0 Å². The molecule has 0 radical (unpaired) electrons. The second kappa shape index (κ2) is 8.07. The van der Waals surface area contributed by atoms with Gasteiger partial charge in [-0.05, 0) is 25.8 Å². The molecular weight excluding hydrogens is 288 g/mol. The van der Waals surface area contributed by atoms with E-state index in [2.05, 4.69) is 5.32 Å². The lowest BCUT2D eigenvalue weighted by molar-refractivity contribution is -0.129. The van der Waals surface area contributed by atoms with E-state index in [1.54, 1.807) is 4.90 Å². The van der Waals surface area contributed by atoms with Crippen LogP contribution in [0.15, 0.2) is 0 Å². The highest BCUT2D eigenvalue weighted by Gasteiger charge is 2.30. The monoisotopic (exact) mass is 312 g/mol. The van der Waals surface area contributed by atoms with Gasteiger partial charge in [0.1, 0.15) is 5.75 Å². The molecule has 0 aromatic carbocycles. The van der Waals surface area contributed by atoms with Crippen LogP contribution in [0.25, 0.3) is 0 Å². The van der Waals surface area contributed by atoms with Crippen LogP contribution < -0.4 is 5.32 Å². The average Bonchev–Trinajstić information content (AvgIpc) is 2.63. The molecule has 1 aliphatic rings. The summed E-state index contributed by atoms with van der Waals surface area (Å²) in [6, 6.07) is 0.150. The number of carbonyl (C=O) groups excluding carboxylic acids is 1. The van der Waals surface area contributed by atoms with Gasteiger partial charge in [-0.3, -0.25) is 4.79 Å². The van der Waals surface area contributed by atoms with Gasteiger partial charge in [0, 0.05) is 19.1 Å². The van der Waals surface area contributed by atoms with Gasteiger partial charge in [0.25, 0.3) is 0 Å². The molecule has 0 aliphatic carbocycles. The lowest BCUT2D eigenvalue weighted by Gasteiger charge is -2.24. The number of halogens is 1. The van der Waals surface area contributed by atoms with Gasteiger partial charge in [0.15, 0.2) is 9.84 Å². The normalized spacial score (nSPS) is 19.6. The molecule has 0 saturated carbocycles. The number of amides is 1. The predicted molar refractivity (Wildman–Crippen MR) is 79.4 cm³/mol.